The second kappa shape index (κ2) is 7.45. The maximum Gasteiger partial charge on any atom is 0.407 e. The molecule has 5 rings (SSSR count). The van der Waals surface area contributed by atoms with E-state index in [0.29, 0.717) is 44.4 Å². The fourth-order valence-electron chi connectivity index (χ4n) is 4.12. The molecule has 2 aliphatic rings. The molecule has 10 heteroatoms. The monoisotopic (exact) mass is 410 g/mol. The lowest BCUT2D eigenvalue weighted by Gasteiger charge is -2.46. The summed E-state index contributed by atoms with van der Waals surface area (Å²) in [6.45, 7) is 2.80. The number of methoxy groups -OCH3 is 1. The Hall–Kier alpha value is -3.40. The fourth-order valence-corrected chi connectivity index (χ4v) is 4.12. The zero-order chi connectivity index (χ0) is 20.7. The summed E-state index contributed by atoms with van der Waals surface area (Å²) in [6.07, 6.45) is 4.42. The standard InChI is InChI=1S/C20H22N6O4/c1-29-19-14(3-2-5-21-19)15-9-22-26-6-4-17(23-18(15)26)24-7-8-25(20(27)28)16(10-24)13-11-30-12-13/h2-6,9,13,16H,7-8,10-12H2,1H3,(H,27,28). The Balaban J connectivity index is 1.48. The van der Waals surface area contributed by atoms with Crippen LogP contribution in [0.4, 0.5) is 10.6 Å². The topological polar surface area (TPSA) is 105 Å². The minimum Gasteiger partial charge on any atom is -0.481 e. The molecule has 1 atom stereocenters. The number of aromatic nitrogens is 4. The van der Waals surface area contributed by atoms with Crippen LogP contribution >= 0.6 is 0 Å². The van der Waals surface area contributed by atoms with E-state index in [0.717, 1.165) is 16.9 Å². The zero-order valence-electron chi connectivity index (χ0n) is 16.5. The summed E-state index contributed by atoms with van der Waals surface area (Å²) < 4.78 is 12.4. The van der Waals surface area contributed by atoms with Crippen LogP contribution in [0.5, 0.6) is 5.88 Å². The molecule has 5 heterocycles. The molecule has 3 aromatic heterocycles. The molecule has 1 N–H and O–H groups in total. The summed E-state index contributed by atoms with van der Waals surface area (Å²) in [5.41, 5.74) is 2.35. The van der Waals surface area contributed by atoms with Gasteiger partial charge in [-0.15, -0.1) is 0 Å². The van der Waals surface area contributed by atoms with Crippen molar-refractivity contribution < 1.29 is 19.4 Å². The molecule has 3 aromatic rings. The normalized spacial score (nSPS) is 19.7. The number of hydrogen-bond donors (Lipinski definition) is 1. The smallest absolute Gasteiger partial charge is 0.407 e. The number of fused-ring (bicyclic) bond motifs is 1. The van der Waals surface area contributed by atoms with Gasteiger partial charge in [0.2, 0.25) is 5.88 Å². The summed E-state index contributed by atoms with van der Waals surface area (Å²) in [5, 5.41) is 14.0. The van der Waals surface area contributed by atoms with Gasteiger partial charge in [0.15, 0.2) is 5.65 Å². The largest absolute Gasteiger partial charge is 0.481 e. The van der Waals surface area contributed by atoms with E-state index in [9.17, 15) is 9.90 Å². The second-order valence-corrected chi connectivity index (χ2v) is 7.46. The molecule has 1 unspecified atom stereocenters. The number of pyridine rings is 1. The lowest BCUT2D eigenvalue weighted by Crippen LogP contribution is -2.61. The van der Waals surface area contributed by atoms with Crippen LogP contribution < -0.4 is 9.64 Å². The number of rotatable bonds is 4. The quantitative estimate of drug-likeness (QED) is 0.692. The predicted molar refractivity (Wildman–Crippen MR) is 108 cm³/mol. The molecule has 0 aliphatic carbocycles. The number of piperazine rings is 1. The second-order valence-electron chi connectivity index (χ2n) is 7.46. The molecule has 2 fully saturated rings. The molecule has 0 aromatic carbocycles. The maximum atomic E-state index is 11.7. The summed E-state index contributed by atoms with van der Waals surface area (Å²) >= 11 is 0. The Morgan fingerprint density at radius 1 is 1.27 bits per heavy atom. The van der Waals surface area contributed by atoms with Crippen molar-refractivity contribution in [1.29, 1.82) is 0 Å². The zero-order valence-corrected chi connectivity index (χ0v) is 16.5. The number of ether oxygens (including phenoxy) is 2. The van der Waals surface area contributed by atoms with Gasteiger partial charge in [0.25, 0.3) is 0 Å². The average molecular weight is 410 g/mol. The minimum absolute atomic E-state index is 0.106. The first-order chi connectivity index (χ1) is 14.7. The van der Waals surface area contributed by atoms with E-state index in [4.69, 9.17) is 14.5 Å². The van der Waals surface area contributed by atoms with Crippen LogP contribution in [0, 0.1) is 5.92 Å². The molecule has 0 radical (unpaired) electrons. The molecule has 2 saturated heterocycles. The van der Waals surface area contributed by atoms with E-state index in [1.807, 2.05) is 24.4 Å². The van der Waals surface area contributed by atoms with Gasteiger partial charge in [-0.1, -0.05) is 0 Å². The molecule has 10 nitrogen and oxygen atoms in total. The number of carbonyl (C=O) groups is 1. The van der Waals surface area contributed by atoms with E-state index < -0.39 is 6.09 Å². The van der Waals surface area contributed by atoms with Gasteiger partial charge in [-0.2, -0.15) is 5.10 Å². The van der Waals surface area contributed by atoms with Crippen molar-refractivity contribution in [1.82, 2.24) is 24.5 Å². The third-order valence-electron chi connectivity index (χ3n) is 5.81. The van der Waals surface area contributed by atoms with E-state index in [1.54, 1.807) is 24.0 Å². The molecule has 30 heavy (non-hydrogen) atoms. The fraction of sp³-hybridized carbons (Fsp3) is 0.400. The number of hydrogen-bond acceptors (Lipinski definition) is 7. The third kappa shape index (κ3) is 3.09. The van der Waals surface area contributed by atoms with Crippen LogP contribution in [0.3, 0.4) is 0 Å². The van der Waals surface area contributed by atoms with Gasteiger partial charge >= 0.3 is 6.09 Å². The van der Waals surface area contributed by atoms with Crippen LogP contribution in [0.2, 0.25) is 0 Å². The Kier molecular flexibility index (Phi) is 4.62. The van der Waals surface area contributed by atoms with Gasteiger partial charge in [0.05, 0.1) is 38.1 Å². The van der Waals surface area contributed by atoms with Crippen LogP contribution in [0.15, 0.2) is 36.8 Å². The number of nitrogens with zero attached hydrogens (tertiary/aromatic N) is 6. The first kappa shape index (κ1) is 18.6. The molecule has 0 saturated carbocycles. The molecular weight excluding hydrogens is 388 g/mol. The van der Waals surface area contributed by atoms with E-state index in [1.165, 1.54) is 4.90 Å². The van der Waals surface area contributed by atoms with Gasteiger partial charge in [0.1, 0.15) is 5.82 Å². The number of amides is 1. The van der Waals surface area contributed by atoms with Crippen molar-refractivity contribution in [3.8, 4) is 17.0 Å². The van der Waals surface area contributed by atoms with Gasteiger partial charge in [-0.05, 0) is 18.2 Å². The Morgan fingerprint density at radius 2 is 2.13 bits per heavy atom. The van der Waals surface area contributed by atoms with E-state index in [-0.39, 0.29) is 12.0 Å². The highest BCUT2D eigenvalue weighted by atomic mass is 16.5. The average Bonchev–Trinajstić information content (AvgIpc) is 3.15. The Morgan fingerprint density at radius 3 is 2.87 bits per heavy atom. The van der Waals surface area contributed by atoms with Gasteiger partial charge in [-0.25, -0.2) is 19.3 Å². The lowest BCUT2D eigenvalue weighted by molar-refractivity contribution is -0.0713. The van der Waals surface area contributed by atoms with Crippen molar-refractivity contribution in [2.75, 3.05) is 44.9 Å². The summed E-state index contributed by atoms with van der Waals surface area (Å²) in [4.78, 5) is 24.5. The molecule has 0 bridgehead atoms. The van der Waals surface area contributed by atoms with Crippen LogP contribution in [0.25, 0.3) is 16.8 Å². The van der Waals surface area contributed by atoms with Gasteiger partial charge in [-0.3, -0.25) is 0 Å². The lowest BCUT2D eigenvalue weighted by atomic mass is 9.94. The van der Waals surface area contributed by atoms with Crippen LogP contribution in [0.1, 0.15) is 0 Å². The first-order valence-corrected chi connectivity index (χ1v) is 9.81. The van der Waals surface area contributed by atoms with Gasteiger partial charge in [0, 0.05) is 43.5 Å². The third-order valence-corrected chi connectivity index (χ3v) is 5.81. The SMILES string of the molecule is COc1ncccc1-c1cnn2ccc(N3CCN(C(=O)O)C(C4COC4)C3)nc12. The van der Waals surface area contributed by atoms with E-state index in [2.05, 4.69) is 15.0 Å². The number of carboxylic acid groups (broad SMARTS) is 1. The van der Waals surface area contributed by atoms with Gasteiger partial charge < -0.3 is 24.4 Å². The van der Waals surface area contributed by atoms with Crippen LogP contribution in [-0.2, 0) is 4.74 Å². The van der Waals surface area contributed by atoms with Crippen molar-refractivity contribution in [3.63, 3.8) is 0 Å². The maximum absolute atomic E-state index is 11.7. The summed E-state index contributed by atoms with van der Waals surface area (Å²) in [6, 6.07) is 5.58. The Bertz CT molecular complexity index is 1080. The summed E-state index contributed by atoms with van der Waals surface area (Å²) in [7, 11) is 1.59. The summed E-state index contributed by atoms with van der Waals surface area (Å²) in [5.74, 6) is 1.53. The highest BCUT2D eigenvalue weighted by Gasteiger charge is 2.39. The minimum atomic E-state index is -0.878. The van der Waals surface area contributed by atoms with Crippen molar-refractivity contribution in [3.05, 3.63) is 36.8 Å². The Labute approximate surface area is 172 Å². The van der Waals surface area contributed by atoms with Crippen molar-refractivity contribution in [2.24, 2.45) is 5.92 Å². The molecule has 0 spiro atoms. The highest BCUT2D eigenvalue weighted by Crippen LogP contribution is 2.32. The molecular formula is C20H22N6O4. The molecule has 156 valence electrons. The number of anilines is 1. The van der Waals surface area contributed by atoms with Crippen molar-refractivity contribution >= 4 is 17.6 Å². The highest BCUT2D eigenvalue weighted by molar-refractivity contribution is 5.80. The van der Waals surface area contributed by atoms with Crippen LogP contribution in [-0.4, -0.2) is 81.7 Å². The first-order valence-electron chi connectivity index (χ1n) is 9.81. The molecule has 2 aliphatic heterocycles. The molecule has 1 amide bonds. The van der Waals surface area contributed by atoms with E-state index >= 15 is 0 Å². The predicted octanol–water partition coefficient (Wildman–Crippen LogP) is 1.61. The van der Waals surface area contributed by atoms with Crippen molar-refractivity contribution in [2.45, 2.75) is 6.04 Å².